The van der Waals surface area contributed by atoms with Crippen molar-refractivity contribution in [3.63, 3.8) is 0 Å². The van der Waals surface area contributed by atoms with E-state index >= 15 is 0 Å². The number of pyridine rings is 1. The molecule has 0 saturated carbocycles. The predicted molar refractivity (Wildman–Crippen MR) is 126 cm³/mol. The third-order valence-electron chi connectivity index (χ3n) is 6.25. The van der Waals surface area contributed by atoms with E-state index in [1.54, 1.807) is 0 Å². The minimum atomic E-state index is 0.772. The number of likely N-dealkylation sites (N-methyl/N-ethyl adjacent to an activating group) is 1. The Bertz CT molecular complexity index is 1250. The van der Waals surface area contributed by atoms with Gasteiger partial charge >= 0.3 is 0 Å². The van der Waals surface area contributed by atoms with Crippen LogP contribution in [0.15, 0.2) is 42.9 Å². The van der Waals surface area contributed by atoms with E-state index in [0.717, 1.165) is 65.4 Å². The number of nitrogens with one attached hydrogen (secondary N) is 1. The zero-order valence-electron chi connectivity index (χ0n) is 18.6. The molecule has 4 aromatic rings. The Morgan fingerprint density at radius 1 is 0.871 bits per heavy atom. The molecule has 0 radical (unpaired) electrons. The molecule has 0 spiro atoms. The van der Waals surface area contributed by atoms with Gasteiger partial charge in [0.1, 0.15) is 11.5 Å². The number of hydrogen-bond donors (Lipinski definition) is 1. The van der Waals surface area contributed by atoms with Crippen LogP contribution in [-0.2, 0) is 0 Å². The van der Waals surface area contributed by atoms with Crippen molar-refractivity contribution in [3.8, 4) is 22.4 Å². The Balaban J connectivity index is 1.52. The summed E-state index contributed by atoms with van der Waals surface area (Å²) >= 11 is 0. The molecular weight excluding hydrogens is 384 g/mol. The third-order valence-corrected chi connectivity index (χ3v) is 6.25. The first kappa shape index (κ1) is 19.7. The first-order valence-electron chi connectivity index (χ1n) is 10.8. The number of H-pyrrole nitrogens is 1. The molecule has 5 rings (SSSR count). The number of aryl methyl sites for hydroxylation is 3. The minimum absolute atomic E-state index is 0.772. The van der Waals surface area contributed by atoms with Crippen molar-refractivity contribution in [2.24, 2.45) is 0 Å². The molecule has 1 aliphatic rings. The molecule has 1 N–H and O–H groups in total. The van der Waals surface area contributed by atoms with Gasteiger partial charge in [-0.25, -0.2) is 15.0 Å². The fourth-order valence-corrected chi connectivity index (χ4v) is 4.40. The van der Waals surface area contributed by atoms with E-state index in [-0.39, 0.29) is 0 Å². The maximum atomic E-state index is 4.69. The van der Waals surface area contributed by atoms with Crippen LogP contribution in [0.1, 0.15) is 17.0 Å². The highest BCUT2D eigenvalue weighted by Crippen LogP contribution is 2.33. The van der Waals surface area contributed by atoms with E-state index in [4.69, 9.17) is 4.98 Å². The van der Waals surface area contributed by atoms with E-state index in [9.17, 15) is 0 Å². The summed E-state index contributed by atoms with van der Waals surface area (Å²) in [5.74, 6) is 0.772. The number of hydrogen-bond acceptors (Lipinski definition) is 5. The fourth-order valence-electron chi connectivity index (χ4n) is 4.40. The highest BCUT2D eigenvalue weighted by molar-refractivity contribution is 5.95. The van der Waals surface area contributed by atoms with Gasteiger partial charge in [0.15, 0.2) is 0 Å². The lowest BCUT2D eigenvalue weighted by molar-refractivity contribution is 0.312. The molecule has 1 aliphatic heterocycles. The van der Waals surface area contributed by atoms with Gasteiger partial charge in [0.2, 0.25) is 0 Å². The van der Waals surface area contributed by atoms with E-state index in [2.05, 4.69) is 63.0 Å². The molecule has 158 valence electrons. The lowest BCUT2D eigenvalue weighted by atomic mass is 10.0. The summed E-state index contributed by atoms with van der Waals surface area (Å²) < 4.78 is 0. The van der Waals surface area contributed by atoms with Crippen LogP contribution in [0.5, 0.6) is 0 Å². The molecule has 6 nitrogen and oxygen atoms in total. The average Bonchev–Trinajstić information content (AvgIpc) is 3.19. The predicted octanol–water partition coefficient (Wildman–Crippen LogP) is 4.36. The van der Waals surface area contributed by atoms with Gasteiger partial charge in [0.25, 0.3) is 0 Å². The number of benzene rings is 1. The molecule has 0 atom stereocenters. The molecule has 4 heterocycles. The van der Waals surface area contributed by atoms with E-state index in [1.807, 2.05) is 32.4 Å². The zero-order valence-corrected chi connectivity index (χ0v) is 18.6. The highest BCUT2D eigenvalue weighted by Gasteiger charge is 2.17. The quantitative estimate of drug-likeness (QED) is 0.542. The van der Waals surface area contributed by atoms with E-state index < -0.39 is 0 Å². The Kier molecular flexibility index (Phi) is 4.94. The number of nitrogens with zero attached hydrogens (tertiary/aromatic N) is 5. The van der Waals surface area contributed by atoms with E-state index in [0.29, 0.717) is 0 Å². The van der Waals surface area contributed by atoms with E-state index in [1.165, 1.54) is 16.8 Å². The van der Waals surface area contributed by atoms with Crippen molar-refractivity contribution in [1.29, 1.82) is 0 Å². The van der Waals surface area contributed by atoms with Crippen LogP contribution in [0.25, 0.3) is 33.4 Å². The summed E-state index contributed by atoms with van der Waals surface area (Å²) in [6.45, 7) is 10.6. The van der Waals surface area contributed by atoms with Crippen molar-refractivity contribution < 1.29 is 0 Å². The van der Waals surface area contributed by atoms with Gasteiger partial charge in [-0.3, -0.25) is 0 Å². The number of aromatic nitrogens is 4. The summed E-state index contributed by atoms with van der Waals surface area (Å²) in [6.07, 6.45) is 5.83. The van der Waals surface area contributed by atoms with Crippen LogP contribution in [0.3, 0.4) is 0 Å². The lowest BCUT2D eigenvalue weighted by Gasteiger charge is -2.35. The van der Waals surface area contributed by atoms with Crippen LogP contribution < -0.4 is 4.90 Å². The maximum absolute atomic E-state index is 4.69. The average molecular weight is 413 g/mol. The summed E-state index contributed by atoms with van der Waals surface area (Å²) in [6, 6.07) is 8.98. The van der Waals surface area contributed by atoms with Gasteiger partial charge in [0, 0.05) is 67.0 Å². The standard InChI is InChI=1S/C25H28N6/c1-16-11-19(5-6-23(16)31-9-7-30(4)8-10-31)20-12-21-22(15-28-25(21)27-14-20)24-17(2)13-26-18(3)29-24/h5-6,11-15H,7-10H2,1-4H3,(H,27,28). The second kappa shape index (κ2) is 7.78. The van der Waals surface area contributed by atoms with Crippen molar-refractivity contribution >= 4 is 16.7 Å². The number of fused-ring (bicyclic) bond motifs is 1. The molecule has 0 bridgehead atoms. The van der Waals surface area contributed by atoms with Gasteiger partial charge in [-0.1, -0.05) is 6.07 Å². The first-order valence-corrected chi connectivity index (χ1v) is 10.8. The molecule has 0 aliphatic carbocycles. The van der Waals surface area contributed by atoms with Crippen LogP contribution in [0, 0.1) is 20.8 Å². The largest absolute Gasteiger partial charge is 0.369 e. The molecule has 1 saturated heterocycles. The Morgan fingerprint density at radius 2 is 1.68 bits per heavy atom. The highest BCUT2D eigenvalue weighted by atomic mass is 15.2. The fraction of sp³-hybridized carbons (Fsp3) is 0.320. The SMILES string of the molecule is Cc1ncc(C)c(-c2c[nH]c3ncc(-c4ccc(N5CCN(C)CC5)c(C)c4)cc23)n1. The number of anilines is 1. The Labute approximate surface area is 183 Å². The van der Waals surface area contributed by atoms with Crippen molar-refractivity contribution in [1.82, 2.24) is 24.8 Å². The van der Waals surface area contributed by atoms with Gasteiger partial charge in [0.05, 0.1) is 5.69 Å². The van der Waals surface area contributed by atoms with Crippen LogP contribution in [-0.4, -0.2) is 58.1 Å². The first-order chi connectivity index (χ1) is 15.0. The number of piperazine rings is 1. The smallest absolute Gasteiger partial charge is 0.137 e. The topological polar surface area (TPSA) is 60.9 Å². The molecule has 1 fully saturated rings. The molecule has 1 aromatic carbocycles. The number of rotatable bonds is 3. The van der Waals surface area contributed by atoms with Gasteiger partial charge < -0.3 is 14.8 Å². The molecule has 0 amide bonds. The minimum Gasteiger partial charge on any atom is -0.369 e. The third kappa shape index (κ3) is 3.68. The van der Waals surface area contributed by atoms with Gasteiger partial charge in [-0.15, -0.1) is 0 Å². The molecule has 0 unspecified atom stereocenters. The normalized spacial score (nSPS) is 15.0. The number of aromatic amines is 1. The Morgan fingerprint density at radius 3 is 2.45 bits per heavy atom. The summed E-state index contributed by atoms with van der Waals surface area (Å²) in [5.41, 5.74) is 8.90. The monoisotopic (exact) mass is 412 g/mol. The van der Waals surface area contributed by atoms with Crippen LogP contribution >= 0.6 is 0 Å². The van der Waals surface area contributed by atoms with Gasteiger partial charge in [-0.05, 0) is 62.7 Å². The van der Waals surface area contributed by atoms with Crippen molar-refractivity contribution in [3.05, 3.63) is 59.8 Å². The summed E-state index contributed by atoms with van der Waals surface area (Å²) in [5, 5.41) is 1.08. The summed E-state index contributed by atoms with van der Waals surface area (Å²) in [4.78, 5) is 21.9. The van der Waals surface area contributed by atoms with Crippen LogP contribution in [0.4, 0.5) is 5.69 Å². The molecule has 3 aromatic heterocycles. The van der Waals surface area contributed by atoms with Crippen molar-refractivity contribution in [2.75, 3.05) is 38.1 Å². The molecule has 31 heavy (non-hydrogen) atoms. The summed E-state index contributed by atoms with van der Waals surface area (Å²) in [7, 11) is 2.19. The maximum Gasteiger partial charge on any atom is 0.137 e. The lowest BCUT2D eigenvalue weighted by Crippen LogP contribution is -2.44. The molecular formula is C25H28N6. The second-order valence-corrected chi connectivity index (χ2v) is 8.56. The van der Waals surface area contributed by atoms with Crippen LogP contribution in [0.2, 0.25) is 0 Å². The zero-order chi connectivity index (χ0) is 21.5. The Hall–Kier alpha value is -3.25. The van der Waals surface area contributed by atoms with Gasteiger partial charge in [-0.2, -0.15) is 0 Å². The molecule has 6 heteroatoms. The van der Waals surface area contributed by atoms with Crippen molar-refractivity contribution in [2.45, 2.75) is 20.8 Å². The second-order valence-electron chi connectivity index (χ2n) is 8.56.